The van der Waals surface area contributed by atoms with Gasteiger partial charge in [-0.25, -0.2) is 22.5 Å². The maximum atomic E-state index is 14.5. The first-order valence-electron chi connectivity index (χ1n) is 7.06. The maximum absolute atomic E-state index is 14.5. The summed E-state index contributed by atoms with van der Waals surface area (Å²) in [6.45, 7) is 0. The molecule has 3 aromatic rings. The molecule has 0 N–H and O–H groups in total. The Morgan fingerprint density at radius 3 is 2.38 bits per heavy atom. The molecule has 136 valence electrons. The van der Waals surface area contributed by atoms with Crippen molar-refractivity contribution in [2.75, 3.05) is 4.90 Å². The third kappa shape index (κ3) is 3.96. The van der Waals surface area contributed by atoms with Crippen LogP contribution in [0.25, 0.3) is 10.9 Å². The van der Waals surface area contributed by atoms with Gasteiger partial charge in [0.1, 0.15) is 11.6 Å². The fraction of sp³-hybridized carbons (Fsp3) is 0.125. The monoisotopic (exact) mass is 515 g/mol. The molecule has 0 fully saturated rings. The normalized spacial score (nSPS) is 12.6. The van der Waals surface area contributed by atoms with Gasteiger partial charge in [0.05, 0.1) is 5.52 Å². The van der Waals surface area contributed by atoms with Crippen molar-refractivity contribution in [2.24, 2.45) is 0 Å². The number of hydrogen-bond acceptors (Lipinski definition) is 3. The van der Waals surface area contributed by atoms with Crippen LogP contribution in [0.2, 0.25) is 10.3 Å². The van der Waals surface area contributed by atoms with Crippen molar-refractivity contribution in [1.29, 1.82) is 0 Å². The van der Waals surface area contributed by atoms with Crippen LogP contribution in [0.4, 0.5) is 29.1 Å². The van der Waals surface area contributed by atoms with Crippen LogP contribution in [0.5, 0.6) is 0 Å². The van der Waals surface area contributed by atoms with Crippen molar-refractivity contribution in [3.8, 4) is 0 Å². The number of nitrogens with zero attached hydrogens (tertiary/aromatic N) is 3. The minimum Gasteiger partial charge on any atom is -0.290 e. The maximum Gasteiger partial charge on any atom is 0.288 e. The van der Waals surface area contributed by atoms with Gasteiger partial charge in [-0.3, -0.25) is 4.90 Å². The highest BCUT2D eigenvalue weighted by atomic mass is 127. The zero-order chi connectivity index (χ0) is 19.0. The SMILES string of the molecule is Fc1cc(I)cc(N(c2nc(Cl)nc3cc(Cl)ccc23)C(F)C(F)F)c1. The van der Waals surface area contributed by atoms with Gasteiger partial charge >= 0.3 is 0 Å². The van der Waals surface area contributed by atoms with Crippen molar-refractivity contribution in [2.45, 2.75) is 12.7 Å². The Labute approximate surface area is 169 Å². The van der Waals surface area contributed by atoms with Crippen LogP contribution in [-0.4, -0.2) is 22.7 Å². The quantitative estimate of drug-likeness (QED) is 0.175. The summed E-state index contributed by atoms with van der Waals surface area (Å²) < 4.78 is 55.1. The molecule has 1 heterocycles. The van der Waals surface area contributed by atoms with E-state index in [0.717, 1.165) is 6.07 Å². The van der Waals surface area contributed by atoms with E-state index < -0.39 is 18.5 Å². The highest BCUT2D eigenvalue weighted by Gasteiger charge is 2.32. The first-order valence-corrected chi connectivity index (χ1v) is 8.90. The molecular weight excluding hydrogens is 508 g/mol. The number of hydrogen-bond donors (Lipinski definition) is 0. The van der Waals surface area contributed by atoms with E-state index in [2.05, 4.69) is 9.97 Å². The zero-order valence-electron chi connectivity index (χ0n) is 12.6. The summed E-state index contributed by atoms with van der Waals surface area (Å²) >= 11 is 13.6. The lowest BCUT2D eigenvalue weighted by atomic mass is 10.2. The number of alkyl halides is 3. The second-order valence-corrected chi connectivity index (χ2v) is 7.20. The number of halogens is 7. The first-order chi connectivity index (χ1) is 12.3. The van der Waals surface area contributed by atoms with Crippen LogP contribution in [0.1, 0.15) is 0 Å². The third-order valence-corrected chi connectivity index (χ3v) is 4.45. The highest BCUT2D eigenvalue weighted by molar-refractivity contribution is 14.1. The number of anilines is 2. The molecule has 0 saturated heterocycles. The van der Waals surface area contributed by atoms with Crippen LogP contribution in [0.3, 0.4) is 0 Å². The lowest BCUT2D eigenvalue weighted by Gasteiger charge is -2.28. The second-order valence-electron chi connectivity index (χ2n) is 5.18. The molecule has 3 rings (SSSR count). The van der Waals surface area contributed by atoms with Gasteiger partial charge in [-0.2, -0.15) is 4.98 Å². The van der Waals surface area contributed by atoms with Crippen LogP contribution in [-0.2, 0) is 0 Å². The molecule has 1 unspecified atom stereocenters. The van der Waals surface area contributed by atoms with E-state index in [1.165, 1.54) is 30.3 Å². The summed E-state index contributed by atoms with van der Waals surface area (Å²) in [4.78, 5) is 8.48. The van der Waals surface area contributed by atoms with Gasteiger partial charge in [0.15, 0.2) is 0 Å². The predicted octanol–water partition coefficient (Wildman–Crippen LogP) is 6.38. The highest BCUT2D eigenvalue weighted by Crippen LogP contribution is 2.36. The van der Waals surface area contributed by atoms with E-state index in [-0.39, 0.29) is 27.7 Å². The van der Waals surface area contributed by atoms with Crippen molar-refractivity contribution < 1.29 is 17.6 Å². The molecular formula is C16H8Cl2F4IN3. The van der Waals surface area contributed by atoms with Crippen LogP contribution in [0.15, 0.2) is 36.4 Å². The Balaban J connectivity index is 2.30. The van der Waals surface area contributed by atoms with Gasteiger partial charge in [0.2, 0.25) is 11.6 Å². The van der Waals surface area contributed by atoms with E-state index in [9.17, 15) is 17.6 Å². The smallest absolute Gasteiger partial charge is 0.288 e. The molecule has 1 atom stereocenters. The molecule has 0 aliphatic heterocycles. The Kier molecular flexibility index (Phi) is 5.73. The molecule has 0 radical (unpaired) electrons. The summed E-state index contributed by atoms with van der Waals surface area (Å²) in [5, 5.41) is 0.282. The summed E-state index contributed by atoms with van der Waals surface area (Å²) in [5.74, 6) is -0.920. The van der Waals surface area contributed by atoms with E-state index in [1.807, 2.05) is 0 Å². The summed E-state index contributed by atoms with van der Waals surface area (Å²) in [5.41, 5.74) is 0.110. The predicted molar refractivity (Wildman–Crippen MR) is 102 cm³/mol. The number of rotatable bonds is 4. The van der Waals surface area contributed by atoms with Crippen molar-refractivity contribution in [1.82, 2.24) is 9.97 Å². The lowest BCUT2D eigenvalue weighted by molar-refractivity contribution is 0.0534. The fourth-order valence-corrected chi connectivity index (χ4v) is 3.37. The van der Waals surface area contributed by atoms with Gasteiger partial charge in [0, 0.05) is 19.7 Å². The van der Waals surface area contributed by atoms with E-state index in [4.69, 9.17) is 23.2 Å². The summed E-state index contributed by atoms with van der Waals surface area (Å²) in [6.07, 6.45) is -6.15. The molecule has 0 spiro atoms. The molecule has 26 heavy (non-hydrogen) atoms. The van der Waals surface area contributed by atoms with Gasteiger partial charge in [-0.15, -0.1) is 0 Å². The summed E-state index contributed by atoms with van der Waals surface area (Å²) in [7, 11) is 0. The van der Waals surface area contributed by atoms with Crippen LogP contribution in [0, 0.1) is 9.39 Å². The van der Waals surface area contributed by atoms with E-state index in [0.29, 0.717) is 13.5 Å². The molecule has 0 aliphatic rings. The Bertz CT molecular complexity index is 948. The minimum absolute atomic E-state index is 0.131. The Morgan fingerprint density at radius 2 is 1.73 bits per heavy atom. The zero-order valence-corrected chi connectivity index (χ0v) is 16.3. The Hall–Kier alpha value is -1.39. The molecule has 0 saturated carbocycles. The topological polar surface area (TPSA) is 29.0 Å². The average Bonchev–Trinajstić information content (AvgIpc) is 2.53. The molecule has 2 aromatic carbocycles. The van der Waals surface area contributed by atoms with Gasteiger partial charge in [-0.1, -0.05) is 11.6 Å². The third-order valence-electron chi connectivity index (χ3n) is 3.42. The molecule has 1 aromatic heterocycles. The minimum atomic E-state index is -3.37. The van der Waals surface area contributed by atoms with Crippen LogP contribution >= 0.6 is 45.8 Å². The standard InChI is InChI=1S/C16H8Cl2F4IN3/c17-7-1-2-11-12(3-7)24-16(18)25-15(11)26(14(22)13(20)21)10-5-8(19)4-9(23)6-10/h1-6,13-14H. The lowest BCUT2D eigenvalue weighted by Crippen LogP contribution is -2.34. The van der Waals surface area contributed by atoms with Crippen molar-refractivity contribution >= 4 is 68.2 Å². The van der Waals surface area contributed by atoms with Gasteiger partial charge in [0.25, 0.3) is 6.43 Å². The number of benzene rings is 2. The molecule has 0 amide bonds. The molecule has 10 heteroatoms. The van der Waals surface area contributed by atoms with Gasteiger partial charge < -0.3 is 0 Å². The number of aromatic nitrogens is 2. The molecule has 0 bridgehead atoms. The van der Waals surface area contributed by atoms with E-state index >= 15 is 0 Å². The van der Waals surface area contributed by atoms with Crippen molar-refractivity contribution in [3.63, 3.8) is 0 Å². The van der Waals surface area contributed by atoms with Gasteiger partial charge in [-0.05, 0) is 70.6 Å². The summed E-state index contributed by atoms with van der Waals surface area (Å²) in [6, 6.07) is 7.86. The largest absolute Gasteiger partial charge is 0.290 e. The molecule has 3 nitrogen and oxygen atoms in total. The Morgan fingerprint density at radius 1 is 1.00 bits per heavy atom. The fourth-order valence-electron chi connectivity index (χ4n) is 2.41. The van der Waals surface area contributed by atoms with Crippen LogP contribution < -0.4 is 4.90 Å². The number of fused-ring (bicyclic) bond motifs is 1. The first kappa shape index (κ1) is 19.4. The van der Waals surface area contributed by atoms with Crippen molar-refractivity contribution in [3.05, 3.63) is 56.1 Å². The molecule has 0 aliphatic carbocycles. The van der Waals surface area contributed by atoms with E-state index in [1.54, 1.807) is 22.6 Å². The average molecular weight is 516 g/mol. The second kappa shape index (κ2) is 7.69.